The van der Waals surface area contributed by atoms with Crippen molar-refractivity contribution in [2.45, 2.75) is 31.7 Å². The lowest BCUT2D eigenvalue weighted by molar-refractivity contribution is 0.447. The van der Waals surface area contributed by atoms with Gasteiger partial charge in [0, 0.05) is 17.9 Å². The zero-order valence-electron chi connectivity index (χ0n) is 11.5. The minimum absolute atomic E-state index is 0.389. The molecule has 1 heterocycles. The Bertz CT molecular complexity index is 583. The summed E-state index contributed by atoms with van der Waals surface area (Å²) in [6.45, 7) is 0.872. The van der Waals surface area contributed by atoms with Crippen molar-refractivity contribution in [3.63, 3.8) is 0 Å². The van der Waals surface area contributed by atoms with Crippen LogP contribution in [0.1, 0.15) is 35.7 Å². The van der Waals surface area contributed by atoms with Crippen LogP contribution in [0.25, 0.3) is 0 Å². The van der Waals surface area contributed by atoms with Gasteiger partial charge in [0.2, 0.25) is 0 Å². The molecular weight excluding hydrogens is 248 g/mol. The summed E-state index contributed by atoms with van der Waals surface area (Å²) in [5.74, 6) is 0.389. The van der Waals surface area contributed by atoms with E-state index in [1.807, 2.05) is 30.5 Å². The van der Waals surface area contributed by atoms with Crippen LogP contribution in [0.2, 0.25) is 0 Å². The lowest BCUT2D eigenvalue weighted by Gasteiger charge is -2.25. The molecule has 1 unspecified atom stereocenters. The lowest BCUT2D eigenvalue weighted by Crippen LogP contribution is -2.27. The Kier molecular flexibility index (Phi) is 3.97. The summed E-state index contributed by atoms with van der Waals surface area (Å²) in [7, 11) is 0. The Morgan fingerprint density at radius 1 is 1.20 bits per heavy atom. The van der Waals surface area contributed by atoms with E-state index in [1.165, 1.54) is 24.1 Å². The highest BCUT2D eigenvalue weighted by Crippen LogP contribution is 2.28. The van der Waals surface area contributed by atoms with Crippen molar-refractivity contribution in [2.75, 3.05) is 6.54 Å². The fourth-order valence-electron chi connectivity index (χ4n) is 2.92. The molecule has 3 rings (SSSR count). The van der Waals surface area contributed by atoms with E-state index in [0.717, 1.165) is 24.9 Å². The van der Waals surface area contributed by atoms with Crippen molar-refractivity contribution in [3.8, 4) is 5.75 Å². The van der Waals surface area contributed by atoms with Gasteiger partial charge < -0.3 is 10.4 Å². The predicted molar refractivity (Wildman–Crippen MR) is 79.7 cm³/mol. The number of hydrogen-bond acceptors (Lipinski definition) is 3. The predicted octanol–water partition coefficient (Wildman–Crippen LogP) is 3.00. The lowest BCUT2D eigenvalue weighted by atomic mass is 9.91. The van der Waals surface area contributed by atoms with Crippen LogP contribution >= 0.6 is 0 Å². The summed E-state index contributed by atoms with van der Waals surface area (Å²) < 4.78 is 0. The van der Waals surface area contributed by atoms with Crippen LogP contribution in [-0.4, -0.2) is 16.6 Å². The highest BCUT2D eigenvalue weighted by molar-refractivity contribution is 5.32. The number of aromatic nitrogens is 1. The Morgan fingerprint density at radius 2 is 2.10 bits per heavy atom. The number of pyridine rings is 1. The highest BCUT2D eigenvalue weighted by atomic mass is 16.3. The summed E-state index contributed by atoms with van der Waals surface area (Å²) >= 11 is 0. The third-order valence-electron chi connectivity index (χ3n) is 3.98. The molecule has 0 fully saturated rings. The first-order valence-corrected chi connectivity index (χ1v) is 7.28. The molecule has 3 heteroatoms. The Balaban J connectivity index is 1.61. The Hall–Kier alpha value is -1.87. The van der Waals surface area contributed by atoms with Gasteiger partial charge in [0.25, 0.3) is 0 Å². The largest absolute Gasteiger partial charge is 0.508 e. The van der Waals surface area contributed by atoms with Gasteiger partial charge in [-0.1, -0.05) is 24.3 Å². The second-order valence-electron chi connectivity index (χ2n) is 5.32. The zero-order valence-corrected chi connectivity index (χ0v) is 11.5. The van der Waals surface area contributed by atoms with E-state index in [2.05, 4.69) is 16.4 Å². The van der Waals surface area contributed by atoms with Crippen molar-refractivity contribution in [3.05, 3.63) is 59.4 Å². The van der Waals surface area contributed by atoms with E-state index < -0.39 is 0 Å². The van der Waals surface area contributed by atoms with E-state index in [9.17, 15) is 5.11 Å². The van der Waals surface area contributed by atoms with E-state index in [1.54, 1.807) is 6.07 Å². The van der Waals surface area contributed by atoms with Gasteiger partial charge in [-0.15, -0.1) is 0 Å². The minimum atomic E-state index is 0.389. The number of benzene rings is 1. The molecule has 1 aliphatic rings. The van der Waals surface area contributed by atoms with Crippen LogP contribution in [0.4, 0.5) is 0 Å². The summed E-state index contributed by atoms with van der Waals surface area (Å²) in [5.41, 5.74) is 3.58. The molecule has 3 nitrogen and oxygen atoms in total. The fraction of sp³-hybridized carbons (Fsp3) is 0.353. The Morgan fingerprint density at radius 3 is 3.00 bits per heavy atom. The molecule has 20 heavy (non-hydrogen) atoms. The number of rotatable bonds is 4. The van der Waals surface area contributed by atoms with Gasteiger partial charge in [-0.2, -0.15) is 0 Å². The van der Waals surface area contributed by atoms with Gasteiger partial charge in [-0.3, -0.25) is 4.98 Å². The maximum atomic E-state index is 9.77. The summed E-state index contributed by atoms with van der Waals surface area (Å²) in [6.07, 6.45) is 6.17. The first-order chi connectivity index (χ1) is 9.84. The average molecular weight is 268 g/mol. The van der Waals surface area contributed by atoms with Gasteiger partial charge >= 0.3 is 0 Å². The van der Waals surface area contributed by atoms with Gasteiger partial charge in [0.1, 0.15) is 5.75 Å². The number of nitrogens with zero attached hydrogens (tertiary/aromatic N) is 1. The number of hydrogen-bond donors (Lipinski definition) is 2. The Labute approximate surface area is 119 Å². The summed E-state index contributed by atoms with van der Waals surface area (Å²) in [5, 5.41) is 13.4. The first kappa shape index (κ1) is 13.1. The normalized spacial score (nSPS) is 17.7. The summed E-state index contributed by atoms with van der Waals surface area (Å²) in [4.78, 5) is 4.47. The average Bonchev–Trinajstić information content (AvgIpc) is 2.49. The molecule has 0 spiro atoms. The number of para-hydroxylation sites is 1. The van der Waals surface area contributed by atoms with Gasteiger partial charge in [-0.05, 0) is 55.5 Å². The molecule has 1 aromatic carbocycles. The number of aryl methyl sites for hydroxylation is 1. The molecule has 1 atom stereocenters. The monoisotopic (exact) mass is 268 g/mol. The highest BCUT2D eigenvalue weighted by Gasteiger charge is 2.19. The number of aromatic hydroxyl groups is 1. The van der Waals surface area contributed by atoms with E-state index in [4.69, 9.17) is 0 Å². The van der Waals surface area contributed by atoms with Crippen LogP contribution < -0.4 is 5.32 Å². The van der Waals surface area contributed by atoms with Crippen LogP contribution in [0.5, 0.6) is 5.75 Å². The van der Waals surface area contributed by atoms with Crippen molar-refractivity contribution < 1.29 is 5.11 Å². The second-order valence-corrected chi connectivity index (χ2v) is 5.32. The smallest absolute Gasteiger partial charge is 0.118 e. The standard InChI is InChI=1S/C17H20N2O/c20-17-9-2-1-5-13(17)10-12-19-16-8-3-7-15-14(16)6-4-11-18-15/h1-2,4-6,9,11,16,19-20H,3,7-8,10,12H2. The molecule has 0 bridgehead atoms. The number of phenolic OH excluding ortho intramolecular Hbond substituents is 1. The van der Waals surface area contributed by atoms with Gasteiger partial charge in [0.05, 0.1) is 0 Å². The molecule has 0 amide bonds. The fourth-order valence-corrected chi connectivity index (χ4v) is 2.92. The summed E-state index contributed by atoms with van der Waals surface area (Å²) in [6, 6.07) is 12.1. The molecule has 1 aromatic heterocycles. The quantitative estimate of drug-likeness (QED) is 0.896. The van der Waals surface area contributed by atoms with Crippen LogP contribution in [0.3, 0.4) is 0 Å². The third kappa shape index (κ3) is 2.83. The van der Waals surface area contributed by atoms with E-state index in [0.29, 0.717) is 11.8 Å². The third-order valence-corrected chi connectivity index (χ3v) is 3.98. The van der Waals surface area contributed by atoms with E-state index >= 15 is 0 Å². The van der Waals surface area contributed by atoms with Gasteiger partial charge in [-0.25, -0.2) is 0 Å². The molecule has 0 saturated heterocycles. The number of fused-ring (bicyclic) bond motifs is 1. The first-order valence-electron chi connectivity index (χ1n) is 7.28. The van der Waals surface area contributed by atoms with Crippen LogP contribution in [-0.2, 0) is 12.8 Å². The zero-order chi connectivity index (χ0) is 13.8. The van der Waals surface area contributed by atoms with Crippen molar-refractivity contribution in [1.29, 1.82) is 0 Å². The van der Waals surface area contributed by atoms with Crippen LogP contribution in [0, 0.1) is 0 Å². The SMILES string of the molecule is Oc1ccccc1CCNC1CCCc2ncccc21. The molecule has 0 radical (unpaired) electrons. The van der Waals surface area contributed by atoms with Crippen molar-refractivity contribution >= 4 is 0 Å². The number of phenols is 1. The minimum Gasteiger partial charge on any atom is -0.508 e. The molecule has 2 aromatic rings. The molecule has 104 valence electrons. The van der Waals surface area contributed by atoms with E-state index in [-0.39, 0.29) is 0 Å². The molecular formula is C17H20N2O. The van der Waals surface area contributed by atoms with Gasteiger partial charge in [0.15, 0.2) is 0 Å². The number of nitrogens with one attached hydrogen (secondary N) is 1. The molecule has 0 saturated carbocycles. The maximum Gasteiger partial charge on any atom is 0.118 e. The topological polar surface area (TPSA) is 45.1 Å². The second kappa shape index (κ2) is 6.06. The maximum absolute atomic E-state index is 9.77. The molecule has 2 N–H and O–H groups in total. The van der Waals surface area contributed by atoms with Crippen molar-refractivity contribution in [1.82, 2.24) is 10.3 Å². The molecule has 1 aliphatic carbocycles. The van der Waals surface area contributed by atoms with Crippen LogP contribution in [0.15, 0.2) is 42.6 Å². The van der Waals surface area contributed by atoms with Crippen molar-refractivity contribution in [2.24, 2.45) is 0 Å². The molecule has 0 aliphatic heterocycles.